The van der Waals surface area contributed by atoms with E-state index in [9.17, 15) is 0 Å². The lowest BCUT2D eigenvalue weighted by molar-refractivity contribution is 0.325. The van der Waals surface area contributed by atoms with Crippen LogP contribution in [0.25, 0.3) is 0 Å². The largest absolute Gasteiger partial charge is 0.313 e. The van der Waals surface area contributed by atoms with Crippen LogP contribution in [0.5, 0.6) is 0 Å². The van der Waals surface area contributed by atoms with E-state index in [-0.39, 0.29) is 0 Å². The molecular weight excluding hydrogens is 194 g/mol. The zero-order valence-corrected chi connectivity index (χ0v) is 11.8. The van der Waals surface area contributed by atoms with Crippen molar-refractivity contribution in [2.75, 3.05) is 6.54 Å². The van der Waals surface area contributed by atoms with Crippen molar-refractivity contribution in [2.24, 2.45) is 11.3 Å². The van der Waals surface area contributed by atoms with Crippen LogP contribution in [0.2, 0.25) is 0 Å². The Kier molecular flexibility index (Phi) is 5.82. The summed E-state index contributed by atoms with van der Waals surface area (Å²) in [6.45, 7) is 10.0. The Hall–Kier alpha value is -0.0400. The van der Waals surface area contributed by atoms with E-state index in [1.165, 1.54) is 51.5 Å². The predicted molar refractivity (Wildman–Crippen MR) is 72.7 cm³/mol. The molecule has 0 aromatic rings. The molecule has 0 aromatic heterocycles. The van der Waals surface area contributed by atoms with Crippen LogP contribution in [0.3, 0.4) is 0 Å². The van der Waals surface area contributed by atoms with Gasteiger partial charge in [0.1, 0.15) is 0 Å². The quantitative estimate of drug-likeness (QED) is 0.645. The Bertz CT molecular complexity index is 168. The minimum absolute atomic E-state index is 0.534. The van der Waals surface area contributed by atoms with E-state index in [1.807, 2.05) is 13.8 Å². The molecule has 1 heterocycles. The van der Waals surface area contributed by atoms with Gasteiger partial charge in [0.05, 0.1) is 0 Å². The van der Waals surface area contributed by atoms with Crippen LogP contribution in [-0.2, 0) is 0 Å². The lowest BCUT2D eigenvalue weighted by Gasteiger charge is -2.23. The van der Waals surface area contributed by atoms with Gasteiger partial charge in [-0.05, 0) is 37.0 Å². The highest BCUT2D eigenvalue weighted by Crippen LogP contribution is 2.34. The fraction of sp³-hybridized carbons (Fsp3) is 1.00. The summed E-state index contributed by atoms with van der Waals surface area (Å²) in [5.41, 5.74) is 0.534. The minimum atomic E-state index is 0.534. The Labute approximate surface area is 102 Å². The summed E-state index contributed by atoms with van der Waals surface area (Å²) in [6, 6.07) is 0.847. The molecule has 1 aliphatic carbocycles. The molecule has 2 rings (SSSR count). The summed E-state index contributed by atoms with van der Waals surface area (Å²) in [4.78, 5) is 0. The maximum atomic E-state index is 3.81. The highest BCUT2D eigenvalue weighted by molar-refractivity contribution is 4.87. The Morgan fingerprint density at radius 3 is 2.38 bits per heavy atom. The molecule has 0 aromatic carbocycles. The molecule has 0 radical (unpaired) electrons. The molecule has 1 heteroatoms. The summed E-state index contributed by atoms with van der Waals surface area (Å²) in [7, 11) is 0. The van der Waals surface area contributed by atoms with Crippen molar-refractivity contribution in [3.8, 4) is 0 Å². The molecule has 0 spiro atoms. The van der Waals surface area contributed by atoms with Crippen molar-refractivity contribution < 1.29 is 0 Å². The predicted octanol–water partition coefficient (Wildman–Crippen LogP) is 4.37. The highest BCUT2D eigenvalue weighted by atomic mass is 14.9. The standard InChI is InChI=1S/C13H25N.C2H6/c1-13(2)9-8-11-6-4-3-5-7-12(11)14-10-13;1-2/h11-12,14H,3-10H2,1-2H3;1-2H3. The zero-order chi connectivity index (χ0) is 12.0. The molecule has 1 N–H and O–H groups in total. The first kappa shape index (κ1) is 14.0. The minimum Gasteiger partial charge on any atom is -0.313 e. The fourth-order valence-electron chi connectivity index (χ4n) is 3.07. The van der Waals surface area contributed by atoms with Crippen LogP contribution in [0, 0.1) is 11.3 Å². The molecule has 1 nitrogen and oxygen atoms in total. The number of nitrogens with one attached hydrogen (secondary N) is 1. The molecule has 2 aliphatic rings. The second kappa shape index (κ2) is 6.64. The van der Waals surface area contributed by atoms with E-state index < -0.39 is 0 Å². The third-order valence-corrected chi connectivity index (χ3v) is 4.19. The first-order valence-electron chi connectivity index (χ1n) is 7.41. The SMILES string of the molecule is CC.CC1(C)CCC2CCCCCC2NC1. The molecule has 96 valence electrons. The Balaban J connectivity index is 0.000000606. The van der Waals surface area contributed by atoms with Gasteiger partial charge < -0.3 is 5.32 Å². The van der Waals surface area contributed by atoms with Crippen molar-refractivity contribution in [3.05, 3.63) is 0 Å². The van der Waals surface area contributed by atoms with Crippen LogP contribution in [-0.4, -0.2) is 12.6 Å². The van der Waals surface area contributed by atoms with Gasteiger partial charge >= 0.3 is 0 Å². The number of hydrogen-bond donors (Lipinski definition) is 1. The smallest absolute Gasteiger partial charge is 0.00955 e. The summed E-state index contributed by atoms with van der Waals surface area (Å²) < 4.78 is 0. The maximum Gasteiger partial charge on any atom is 0.00955 e. The van der Waals surface area contributed by atoms with Gasteiger partial charge in [0.2, 0.25) is 0 Å². The molecule has 2 atom stereocenters. The normalized spacial score (nSPS) is 33.8. The maximum absolute atomic E-state index is 3.81. The monoisotopic (exact) mass is 225 g/mol. The van der Waals surface area contributed by atoms with Gasteiger partial charge in [0, 0.05) is 12.6 Å². The van der Waals surface area contributed by atoms with E-state index in [2.05, 4.69) is 19.2 Å². The third kappa shape index (κ3) is 4.08. The second-order valence-corrected chi connectivity index (χ2v) is 6.09. The van der Waals surface area contributed by atoms with Crippen LogP contribution >= 0.6 is 0 Å². The van der Waals surface area contributed by atoms with Gasteiger partial charge in [-0.1, -0.05) is 47.0 Å². The van der Waals surface area contributed by atoms with E-state index in [0.717, 1.165) is 12.0 Å². The van der Waals surface area contributed by atoms with Crippen molar-refractivity contribution in [1.82, 2.24) is 5.32 Å². The van der Waals surface area contributed by atoms with Crippen molar-refractivity contribution in [1.29, 1.82) is 0 Å². The highest BCUT2D eigenvalue weighted by Gasteiger charge is 2.30. The van der Waals surface area contributed by atoms with Crippen molar-refractivity contribution in [3.63, 3.8) is 0 Å². The molecular formula is C15H31N. The van der Waals surface area contributed by atoms with Crippen LogP contribution in [0.4, 0.5) is 0 Å². The summed E-state index contributed by atoms with van der Waals surface area (Å²) in [5.74, 6) is 0.985. The van der Waals surface area contributed by atoms with E-state index in [1.54, 1.807) is 0 Å². The average Bonchev–Trinajstić information content (AvgIpc) is 2.57. The first-order chi connectivity index (χ1) is 7.67. The van der Waals surface area contributed by atoms with Crippen molar-refractivity contribution in [2.45, 2.75) is 78.7 Å². The Morgan fingerprint density at radius 1 is 0.938 bits per heavy atom. The molecule has 1 saturated heterocycles. The molecule has 1 saturated carbocycles. The van der Waals surface area contributed by atoms with Gasteiger partial charge in [-0.2, -0.15) is 0 Å². The summed E-state index contributed by atoms with van der Waals surface area (Å²) >= 11 is 0. The number of fused-ring (bicyclic) bond motifs is 1. The molecule has 2 unspecified atom stereocenters. The third-order valence-electron chi connectivity index (χ3n) is 4.19. The number of rotatable bonds is 0. The van der Waals surface area contributed by atoms with Gasteiger partial charge in [-0.3, -0.25) is 0 Å². The molecule has 0 bridgehead atoms. The van der Waals surface area contributed by atoms with Gasteiger partial charge in [-0.15, -0.1) is 0 Å². The van der Waals surface area contributed by atoms with Crippen LogP contribution < -0.4 is 5.32 Å². The van der Waals surface area contributed by atoms with Gasteiger partial charge in [0.25, 0.3) is 0 Å². The van der Waals surface area contributed by atoms with Gasteiger partial charge in [-0.25, -0.2) is 0 Å². The molecule has 0 amide bonds. The van der Waals surface area contributed by atoms with Crippen LogP contribution in [0.1, 0.15) is 72.6 Å². The lowest BCUT2D eigenvalue weighted by Crippen LogP contribution is -2.37. The van der Waals surface area contributed by atoms with Crippen LogP contribution in [0.15, 0.2) is 0 Å². The summed E-state index contributed by atoms with van der Waals surface area (Å²) in [5, 5.41) is 3.81. The second-order valence-electron chi connectivity index (χ2n) is 6.09. The number of hydrogen-bond acceptors (Lipinski definition) is 1. The Morgan fingerprint density at radius 2 is 1.62 bits per heavy atom. The summed E-state index contributed by atoms with van der Waals surface area (Å²) in [6.07, 6.45) is 10.2. The zero-order valence-electron chi connectivity index (χ0n) is 11.8. The lowest BCUT2D eigenvalue weighted by atomic mass is 9.84. The van der Waals surface area contributed by atoms with E-state index in [4.69, 9.17) is 0 Å². The van der Waals surface area contributed by atoms with E-state index in [0.29, 0.717) is 5.41 Å². The fourth-order valence-corrected chi connectivity index (χ4v) is 3.07. The molecule has 1 aliphatic heterocycles. The topological polar surface area (TPSA) is 12.0 Å². The van der Waals surface area contributed by atoms with Gasteiger partial charge in [0.15, 0.2) is 0 Å². The first-order valence-corrected chi connectivity index (χ1v) is 7.41. The average molecular weight is 225 g/mol. The van der Waals surface area contributed by atoms with Crippen molar-refractivity contribution >= 4 is 0 Å². The molecule has 2 fully saturated rings. The van der Waals surface area contributed by atoms with E-state index >= 15 is 0 Å². The molecule has 16 heavy (non-hydrogen) atoms.